The number of rotatable bonds is 4. The highest BCUT2D eigenvalue weighted by molar-refractivity contribution is 7.10. The van der Waals surface area contributed by atoms with Crippen LogP contribution in [0.4, 0.5) is 0 Å². The van der Waals surface area contributed by atoms with Crippen molar-refractivity contribution in [3.05, 3.63) is 38.3 Å². The summed E-state index contributed by atoms with van der Waals surface area (Å²) in [7, 11) is 0. The van der Waals surface area contributed by atoms with Gasteiger partial charge >= 0.3 is 0 Å². The third-order valence-corrected chi connectivity index (χ3v) is 4.75. The van der Waals surface area contributed by atoms with Crippen LogP contribution in [0.5, 0.6) is 0 Å². The average Bonchev–Trinajstić information content (AvgIpc) is 2.87. The normalized spacial score (nSPS) is 12.9. The standard InChI is InChI=1S/C13H18ClN3S/c1-4-17-11(12(14)9(3)16-17)7-10(15)13-8(2)5-6-18-13/h5-6,10H,4,7,15H2,1-3H3. The second-order valence-corrected chi connectivity index (χ2v) is 5.77. The second-order valence-electron chi connectivity index (χ2n) is 4.44. The molecule has 5 heteroatoms. The zero-order valence-electron chi connectivity index (χ0n) is 10.9. The van der Waals surface area contributed by atoms with Crippen LogP contribution in [0.25, 0.3) is 0 Å². The molecule has 2 heterocycles. The lowest BCUT2D eigenvalue weighted by Crippen LogP contribution is -2.16. The van der Waals surface area contributed by atoms with E-state index in [1.165, 1.54) is 10.4 Å². The Labute approximate surface area is 117 Å². The van der Waals surface area contributed by atoms with Crippen molar-refractivity contribution in [2.24, 2.45) is 5.73 Å². The minimum Gasteiger partial charge on any atom is -0.323 e. The van der Waals surface area contributed by atoms with E-state index < -0.39 is 0 Å². The van der Waals surface area contributed by atoms with Crippen molar-refractivity contribution < 1.29 is 0 Å². The van der Waals surface area contributed by atoms with Crippen LogP contribution in [0, 0.1) is 13.8 Å². The lowest BCUT2D eigenvalue weighted by atomic mass is 10.1. The van der Waals surface area contributed by atoms with Gasteiger partial charge in [-0.1, -0.05) is 11.6 Å². The molecule has 0 aliphatic rings. The molecule has 0 aromatic carbocycles. The number of hydrogen-bond acceptors (Lipinski definition) is 3. The number of hydrogen-bond donors (Lipinski definition) is 1. The number of thiophene rings is 1. The van der Waals surface area contributed by atoms with Gasteiger partial charge in [-0.2, -0.15) is 5.10 Å². The predicted octanol–water partition coefficient (Wildman–Crippen LogP) is 3.48. The fourth-order valence-corrected chi connectivity index (χ4v) is 3.27. The third kappa shape index (κ3) is 2.46. The zero-order valence-corrected chi connectivity index (χ0v) is 12.5. The Kier molecular flexibility index (Phi) is 4.10. The molecule has 2 N–H and O–H groups in total. The SMILES string of the molecule is CCn1nc(C)c(Cl)c1CC(N)c1sccc1C. The summed E-state index contributed by atoms with van der Waals surface area (Å²) in [4.78, 5) is 1.23. The van der Waals surface area contributed by atoms with Crippen LogP contribution < -0.4 is 5.73 Å². The van der Waals surface area contributed by atoms with Crippen LogP contribution in [0.1, 0.15) is 34.8 Å². The number of halogens is 1. The van der Waals surface area contributed by atoms with Gasteiger partial charge in [-0.25, -0.2) is 0 Å². The van der Waals surface area contributed by atoms with Gasteiger partial charge in [-0.3, -0.25) is 4.68 Å². The minimum absolute atomic E-state index is 0.0103. The Bertz CT molecular complexity index is 544. The van der Waals surface area contributed by atoms with Crippen LogP contribution in [-0.2, 0) is 13.0 Å². The number of aromatic nitrogens is 2. The Morgan fingerprint density at radius 2 is 2.22 bits per heavy atom. The molecule has 2 aromatic rings. The van der Waals surface area contributed by atoms with Gasteiger partial charge in [0.1, 0.15) is 0 Å². The van der Waals surface area contributed by atoms with Crippen molar-refractivity contribution in [2.75, 3.05) is 0 Å². The molecule has 0 saturated heterocycles. The molecule has 0 saturated carbocycles. The van der Waals surface area contributed by atoms with Gasteiger partial charge in [0, 0.05) is 23.9 Å². The summed E-state index contributed by atoms with van der Waals surface area (Å²) >= 11 is 8.01. The lowest BCUT2D eigenvalue weighted by Gasteiger charge is -2.12. The highest BCUT2D eigenvalue weighted by Gasteiger charge is 2.18. The Morgan fingerprint density at radius 1 is 1.50 bits per heavy atom. The van der Waals surface area contributed by atoms with E-state index in [0.29, 0.717) is 0 Å². The van der Waals surface area contributed by atoms with Crippen LogP contribution in [0.3, 0.4) is 0 Å². The minimum atomic E-state index is -0.0103. The molecule has 18 heavy (non-hydrogen) atoms. The van der Waals surface area contributed by atoms with Crippen LogP contribution in [-0.4, -0.2) is 9.78 Å². The van der Waals surface area contributed by atoms with E-state index in [9.17, 15) is 0 Å². The van der Waals surface area contributed by atoms with E-state index in [1.807, 2.05) is 11.6 Å². The maximum absolute atomic E-state index is 6.30. The van der Waals surface area contributed by atoms with Crippen LogP contribution in [0.15, 0.2) is 11.4 Å². The number of nitrogens with zero attached hydrogens (tertiary/aromatic N) is 2. The van der Waals surface area contributed by atoms with Gasteiger partial charge < -0.3 is 5.73 Å². The first kappa shape index (κ1) is 13.6. The molecule has 1 atom stereocenters. The first-order chi connectivity index (χ1) is 8.54. The highest BCUT2D eigenvalue weighted by atomic mass is 35.5. The monoisotopic (exact) mass is 283 g/mol. The van der Waals surface area contributed by atoms with E-state index in [2.05, 4.69) is 30.4 Å². The molecule has 0 aliphatic carbocycles. The summed E-state index contributed by atoms with van der Waals surface area (Å²) in [6, 6.07) is 2.09. The molecule has 98 valence electrons. The topological polar surface area (TPSA) is 43.8 Å². The van der Waals surface area contributed by atoms with Gasteiger partial charge in [-0.05, 0) is 37.8 Å². The summed E-state index contributed by atoms with van der Waals surface area (Å²) in [5, 5.41) is 7.25. The molecule has 0 fully saturated rings. The largest absolute Gasteiger partial charge is 0.323 e. The summed E-state index contributed by atoms with van der Waals surface area (Å²) in [6.45, 7) is 6.91. The van der Waals surface area contributed by atoms with Crippen molar-refractivity contribution >= 4 is 22.9 Å². The molecule has 0 radical (unpaired) electrons. The maximum atomic E-state index is 6.30. The first-order valence-electron chi connectivity index (χ1n) is 6.06. The molecule has 2 rings (SSSR count). The van der Waals surface area contributed by atoms with Gasteiger partial charge in [0.15, 0.2) is 0 Å². The van der Waals surface area contributed by atoms with Gasteiger partial charge in [0.2, 0.25) is 0 Å². The van der Waals surface area contributed by atoms with Crippen molar-refractivity contribution in [3.63, 3.8) is 0 Å². The second kappa shape index (κ2) is 5.43. The summed E-state index contributed by atoms with van der Waals surface area (Å²) in [5.41, 5.74) is 9.45. The molecule has 3 nitrogen and oxygen atoms in total. The van der Waals surface area contributed by atoms with Crippen LogP contribution >= 0.6 is 22.9 Å². The highest BCUT2D eigenvalue weighted by Crippen LogP contribution is 2.28. The van der Waals surface area contributed by atoms with Crippen molar-refractivity contribution in [3.8, 4) is 0 Å². The van der Waals surface area contributed by atoms with Crippen molar-refractivity contribution in [2.45, 2.75) is 39.8 Å². The molecule has 0 spiro atoms. The number of nitrogens with two attached hydrogens (primary N) is 1. The van der Waals surface area contributed by atoms with E-state index in [0.717, 1.165) is 29.4 Å². The molecular formula is C13H18ClN3S. The molecular weight excluding hydrogens is 266 g/mol. The van der Waals surface area contributed by atoms with E-state index in [1.54, 1.807) is 11.3 Å². The Balaban J connectivity index is 2.27. The van der Waals surface area contributed by atoms with E-state index in [-0.39, 0.29) is 6.04 Å². The molecule has 1 unspecified atom stereocenters. The average molecular weight is 284 g/mol. The van der Waals surface area contributed by atoms with Gasteiger partial charge in [-0.15, -0.1) is 11.3 Å². The fourth-order valence-electron chi connectivity index (χ4n) is 2.13. The third-order valence-electron chi connectivity index (χ3n) is 3.10. The fraction of sp³-hybridized carbons (Fsp3) is 0.462. The Hall–Kier alpha value is -0.840. The van der Waals surface area contributed by atoms with E-state index in [4.69, 9.17) is 17.3 Å². The van der Waals surface area contributed by atoms with Gasteiger partial charge in [0.25, 0.3) is 0 Å². The Morgan fingerprint density at radius 3 is 2.78 bits per heavy atom. The molecule has 0 aliphatic heterocycles. The molecule has 0 bridgehead atoms. The predicted molar refractivity (Wildman–Crippen MR) is 77.3 cm³/mol. The quantitative estimate of drug-likeness (QED) is 0.934. The van der Waals surface area contributed by atoms with Crippen molar-refractivity contribution in [1.29, 1.82) is 0 Å². The summed E-state index contributed by atoms with van der Waals surface area (Å²) in [6.07, 6.45) is 0.731. The summed E-state index contributed by atoms with van der Waals surface area (Å²) in [5.74, 6) is 0. The smallest absolute Gasteiger partial charge is 0.0847 e. The first-order valence-corrected chi connectivity index (χ1v) is 7.31. The van der Waals surface area contributed by atoms with E-state index >= 15 is 0 Å². The lowest BCUT2D eigenvalue weighted by molar-refractivity contribution is 0.589. The molecule has 0 amide bonds. The zero-order chi connectivity index (χ0) is 13.3. The van der Waals surface area contributed by atoms with Crippen molar-refractivity contribution in [1.82, 2.24) is 9.78 Å². The maximum Gasteiger partial charge on any atom is 0.0847 e. The van der Waals surface area contributed by atoms with Gasteiger partial charge in [0.05, 0.1) is 16.4 Å². The molecule has 2 aromatic heterocycles. The van der Waals surface area contributed by atoms with Crippen LogP contribution in [0.2, 0.25) is 5.02 Å². The number of aryl methyl sites for hydroxylation is 3. The summed E-state index contributed by atoms with van der Waals surface area (Å²) < 4.78 is 1.94.